The van der Waals surface area contributed by atoms with E-state index in [1.807, 2.05) is 58.7 Å². The minimum absolute atomic E-state index is 0.0597. The van der Waals surface area contributed by atoms with E-state index in [2.05, 4.69) is 15.3 Å². The van der Waals surface area contributed by atoms with Gasteiger partial charge in [-0.15, -0.1) is 22.7 Å². The second kappa shape index (κ2) is 6.18. The number of nitrogens with one attached hydrogen (secondary N) is 1. The number of aryl methyl sites for hydroxylation is 1. The van der Waals surface area contributed by atoms with Crippen molar-refractivity contribution in [1.29, 1.82) is 0 Å². The third-order valence-corrected chi connectivity index (χ3v) is 5.16. The number of anilines is 1. The Bertz CT molecular complexity index is 969. The molecule has 7 heteroatoms. The van der Waals surface area contributed by atoms with Crippen LogP contribution in [0.3, 0.4) is 0 Å². The highest BCUT2D eigenvalue weighted by Crippen LogP contribution is 2.23. The molecule has 0 spiro atoms. The number of amides is 1. The number of hydrogen-bond acceptors (Lipinski definition) is 5. The average Bonchev–Trinajstić information content (AvgIpc) is 3.24. The minimum Gasteiger partial charge on any atom is -0.326 e. The fourth-order valence-electron chi connectivity index (χ4n) is 2.45. The van der Waals surface area contributed by atoms with Gasteiger partial charge in [0.2, 0.25) is 5.91 Å². The third kappa shape index (κ3) is 3.08. The first-order valence-electron chi connectivity index (χ1n) is 7.41. The van der Waals surface area contributed by atoms with Gasteiger partial charge in [-0.25, -0.2) is 9.97 Å². The van der Waals surface area contributed by atoms with Gasteiger partial charge in [-0.05, 0) is 19.1 Å². The molecule has 1 amide bonds. The second-order valence-electron chi connectivity index (χ2n) is 5.38. The average molecular weight is 354 g/mol. The van der Waals surface area contributed by atoms with Gasteiger partial charge in [0.05, 0.1) is 22.8 Å². The number of fused-ring (bicyclic) bond motifs is 1. The van der Waals surface area contributed by atoms with Crippen molar-refractivity contribution in [2.75, 3.05) is 5.32 Å². The van der Waals surface area contributed by atoms with Gasteiger partial charge in [-0.1, -0.05) is 12.1 Å². The zero-order valence-corrected chi connectivity index (χ0v) is 14.5. The third-order valence-electron chi connectivity index (χ3n) is 3.57. The summed E-state index contributed by atoms with van der Waals surface area (Å²) in [5.74, 6) is -0.0597. The van der Waals surface area contributed by atoms with E-state index < -0.39 is 0 Å². The maximum absolute atomic E-state index is 12.1. The molecule has 3 heterocycles. The summed E-state index contributed by atoms with van der Waals surface area (Å²) in [6.07, 6.45) is 4.29. The smallest absolute Gasteiger partial charge is 0.230 e. The number of carbonyl (C=O) groups is 1. The molecular weight excluding hydrogens is 340 g/mol. The first kappa shape index (κ1) is 15.0. The van der Waals surface area contributed by atoms with Gasteiger partial charge < -0.3 is 5.32 Å². The lowest BCUT2D eigenvalue weighted by atomic mass is 10.1. The van der Waals surface area contributed by atoms with Crippen molar-refractivity contribution in [3.8, 4) is 11.3 Å². The highest BCUT2D eigenvalue weighted by atomic mass is 32.1. The summed E-state index contributed by atoms with van der Waals surface area (Å²) in [7, 11) is 0. The van der Waals surface area contributed by atoms with Crippen LogP contribution in [-0.4, -0.2) is 20.3 Å². The quantitative estimate of drug-likeness (QED) is 0.602. The van der Waals surface area contributed by atoms with E-state index in [4.69, 9.17) is 0 Å². The molecule has 0 bridgehead atoms. The molecule has 0 fully saturated rings. The van der Waals surface area contributed by atoms with Crippen molar-refractivity contribution >= 4 is 39.2 Å². The van der Waals surface area contributed by atoms with Gasteiger partial charge in [0, 0.05) is 34.4 Å². The topological polar surface area (TPSA) is 59.3 Å². The molecule has 5 nitrogen and oxygen atoms in total. The number of imidazole rings is 1. The van der Waals surface area contributed by atoms with Crippen LogP contribution >= 0.6 is 22.7 Å². The van der Waals surface area contributed by atoms with Crippen molar-refractivity contribution in [3.05, 3.63) is 58.1 Å². The first-order valence-corrected chi connectivity index (χ1v) is 9.17. The van der Waals surface area contributed by atoms with E-state index in [9.17, 15) is 4.79 Å². The zero-order valence-electron chi connectivity index (χ0n) is 12.9. The number of carbonyl (C=O) groups excluding carboxylic acids is 1. The molecule has 0 aliphatic rings. The molecule has 0 saturated carbocycles. The van der Waals surface area contributed by atoms with Crippen molar-refractivity contribution in [2.45, 2.75) is 13.3 Å². The van der Waals surface area contributed by atoms with E-state index in [0.717, 1.165) is 32.6 Å². The number of nitrogens with zero attached hydrogens (tertiary/aromatic N) is 3. The number of thiazole rings is 2. The van der Waals surface area contributed by atoms with Gasteiger partial charge in [0.25, 0.3) is 0 Å². The van der Waals surface area contributed by atoms with Crippen LogP contribution in [0.15, 0.2) is 47.4 Å². The second-order valence-corrected chi connectivity index (χ2v) is 7.31. The molecule has 3 aromatic heterocycles. The molecule has 4 aromatic rings. The van der Waals surface area contributed by atoms with Crippen molar-refractivity contribution in [3.63, 3.8) is 0 Å². The van der Waals surface area contributed by atoms with Crippen LogP contribution in [0, 0.1) is 6.92 Å². The summed E-state index contributed by atoms with van der Waals surface area (Å²) in [4.78, 5) is 21.9. The van der Waals surface area contributed by atoms with Crippen LogP contribution in [0.4, 0.5) is 5.69 Å². The summed E-state index contributed by atoms with van der Waals surface area (Å²) < 4.78 is 2.01. The fraction of sp³-hybridized carbons (Fsp3) is 0.118. The predicted molar refractivity (Wildman–Crippen MR) is 97.7 cm³/mol. The highest BCUT2D eigenvalue weighted by Gasteiger charge is 2.08. The Morgan fingerprint density at radius 3 is 2.75 bits per heavy atom. The number of rotatable bonds is 4. The maximum Gasteiger partial charge on any atom is 0.230 e. The van der Waals surface area contributed by atoms with Crippen LogP contribution in [0.2, 0.25) is 0 Å². The summed E-state index contributed by atoms with van der Waals surface area (Å²) >= 11 is 3.16. The maximum atomic E-state index is 12.1. The fourth-order valence-corrected chi connectivity index (χ4v) is 3.76. The van der Waals surface area contributed by atoms with Crippen LogP contribution in [0.5, 0.6) is 0 Å². The molecule has 0 aliphatic carbocycles. The molecule has 0 atom stereocenters. The van der Waals surface area contributed by atoms with E-state index in [0.29, 0.717) is 6.42 Å². The van der Waals surface area contributed by atoms with Crippen molar-refractivity contribution in [2.24, 2.45) is 0 Å². The molecule has 0 aliphatic heterocycles. The normalized spacial score (nSPS) is 11.0. The predicted octanol–water partition coefficient (Wildman–Crippen LogP) is 4.01. The molecule has 0 radical (unpaired) electrons. The molecule has 0 unspecified atom stereocenters. The van der Waals surface area contributed by atoms with Crippen LogP contribution < -0.4 is 5.32 Å². The number of benzene rings is 1. The van der Waals surface area contributed by atoms with Crippen LogP contribution in [-0.2, 0) is 11.2 Å². The number of aromatic nitrogens is 3. The van der Waals surface area contributed by atoms with Crippen molar-refractivity contribution in [1.82, 2.24) is 14.4 Å². The zero-order chi connectivity index (χ0) is 16.5. The molecule has 24 heavy (non-hydrogen) atoms. The minimum atomic E-state index is -0.0597. The van der Waals surface area contributed by atoms with Gasteiger partial charge >= 0.3 is 0 Å². The lowest BCUT2D eigenvalue weighted by Gasteiger charge is -2.05. The van der Waals surface area contributed by atoms with Gasteiger partial charge in [0.1, 0.15) is 0 Å². The molecule has 0 saturated heterocycles. The summed E-state index contributed by atoms with van der Waals surface area (Å²) in [6.45, 7) is 1.94. The summed E-state index contributed by atoms with van der Waals surface area (Å²) in [6, 6.07) is 7.73. The van der Waals surface area contributed by atoms with Crippen LogP contribution in [0.1, 0.15) is 10.7 Å². The summed E-state index contributed by atoms with van der Waals surface area (Å²) in [5.41, 5.74) is 3.54. The van der Waals surface area contributed by atoms with Gasteiger partial charge in [-0.3, -0.25) is 9.20 Å². The standard InChI is InChI=1S/C17H14N4OS2/c1-11-18-14(10-24-11)8-16(22)19-13-4-2-12(3-5-13)15-9-21-6-7-23-17(21)20-15/h2-7,9-10H,8H2,1H3,(H,19,22). The lowest BCUT2D eigenvalue weighted by Crippen LogP contribution is -2.14. The Hall–Kier alpha value is -2.51. The summed E-state index contributed by atoms with van der Waals surface area (Å²) in [5, 5.41) is 7.80. The first-order chi connectivity index (χ1) is 11.7. The number of hydrogen-bond donors (Lipinski definition) is 1. The highest BCUT2D eigenvalue weighted by molar-refractivity contribution is 7.15. The van der Waals surface area contributed by atoms with Crippen molar-refractivity contribution < 1.29 is 4.79 Å². The largest absolute Gasteiger partial charge is 0.326 e. The van der Waals surface area contributed by atoms with Gasteiger partial charge in [0.15, 0.2) is 4.96 Å². The molecule has 4 rings (SSSR count). The van der Waals surface area contributed by atoms with E-state index >= 15 is 0 Å². The molecule has 120 valence electrons. The van der Waals surface area contributed by atoms with Gasteiger partial charge in [-0.2, -0.15) is 0 Å². The molecular formula is C17H14N4OS2. The Morgan fingerprint density at radius 2 is 2.04 bits per heavy atom. The lowest BCUT2D eigenvalue weighted by molar-refractivity contribution is -0.115. The monoisotopic (exact) mass is 354 g/mol. The van der Waals surface area contributed by atoms with E-state index in [1.54, 1.807) is 22.7 Å². The Morgan fingerprint density at radius 1 is 1.21 bits per heavy atom. The van der Waals surface area contributed by atoms with E-state index in [-0.39, 0.29) is 5.91 Å². The SMILES string of the molecule is Cc1nc(CC(=O)Nc2ccc(-c3cn4ccsc4n3)cc2)cs1. The molecule has 1 N–H and O–H groups in total. The Balaban J connectivity index is 1.45. The molecule has 1 aromatic carbocycles. The Labute approximate surface area is 146 Å². The van der Waals surface area contributed by atoms with Crippen LogP contribution in [0.25, 0.3) is 16.2 Å². The van der Waals surface area contributed by atoms with E-state index in [1.165, 1.54) is 0 Å². The Kier molecular flexibility index (Phi) is 3.87.